The number of benzene rings is 2. The summed E-state index contributed by atoms with van der Waals surface area (Å²) in [5, 5.41) is 6.34. The van der Waals surface area contributed by atoms with Crippen molar-refractivity contribution in [3.8, 4) is 0 Å². The van der Waals surface area contributed by atoms with Gasteiger partial charge < -0.3 is 11.1 Å². The summed E-state index contributed by atoms with van der Waals surface area (Å²) in [4.78, 5) is 9.06. The molecule has 0 amide bonds. The third-order valence-corrected chi connectivity index (χ3v) is 5.22. The largest absolute Gasteiger partial charge is 0.370 e. The van der Waals surface area contributed by atoms with E-state index in [2.05, 4.69) is 70.9 Å². The molecule has 134 valence electrons. The lowest BCUT2D eigenvalue weighted by molar-refractivity contribution is 0.913. The van der Waals surface area contributed by atoms with Crippen molar-refractivity contribution in [1.82, 2.24) is 4.98 Å². The van der Waals surface area contributed by atoms with Crippen LogP contribution in [0.1, 0.15) is 27.4 Å². The summed E-state index contributed by atoms with van der Waals surface area (Å²) in [7, 11) is 0. The SMILES string of the molecule is Cc1ccc(NC(N)=NCc2csc(CCc3ccccc3)n2)cc1C. The Labute approximate surface area is 158 Å². The molecule has 0 saturated carbocycles. The van der Waals surface area contributed by atoms with Crippen LogP contribution < -0.4 is 11.1 Å². The van der Waals surface area contributed by atoms with Gasteiger partial charge >= 0.3 is 0 Å². The molecule has 4 nitrogen and oxygen atoms in total. The summed E-state index contributed by atoms with van der Waals surface area (Å²) in [6.07, 6.45) is 1.96. The van der Waals surface area contributed by atoms with Crippen molar-refractivity contribution < 1.29 is 0 Å². The van der Waals surface area contributed by atoms with E-state index < -0.39 is 0 Å². The molecule has 1 aromatic heterocycles. The molecule has 0 radical (unpaired) electrons. The van der Waals surface area contributed by atoms with E-state index in [-0.39, 0.29) is 0 Å². The molecule has 0 atom stereocenters. The summed E-state index contributed by atoms with van der Waals surface area (Å²) in [5.41, 5.74) is 11.7. The molecule has 26 heavy (non-hydrogen) atoms. The second-order valence-electron chi connectivity index (χ2n) is 6.34. The molecule has 2 aromatic carbocycles. The first kappa shape index (κ1) is 18.1. The highest BCUT2D eigenvalue weighted by molar-refractivity contribution is 7.09. The van der Waals surface area contributed by atoms with Gasteiger partial charge in [-0.3, -0.25) is 0 Å². The van der Waals surface area contributed by atoms with Gasteiger partial charge in [-0.1, -0.05) is 36.4 Å². The number of hydrogen-bond donors (Lipinski definition) is 2. The number of aliphatic imine (C=N–C) groups is 1. The number of anilines is 1. The molecule has 3 aromatic rings. The van der Waals surface area contributed by atoms with Gasteiger partial charge in [-0.25, -0.2) is 9.98 Å². The predicted molar refractivity (Wildman–Crippen MR) is 111 cm³/mol. The van der Waals surface area contributed by atoms with Crippen LogP contribution in [0.15, 0.2) is 58.9 Å². The van der Waals surface area contributed by atoms with Crippen LogP contribution in [0, 0.1) is 13.8 Å². The van der Waals surface area contributed by atoms with Gasteiger partial charge in [0, 0.05) is 17.5 Å². The maximum atomic E-state index is 6.00. The Balaban J connectivity index is 1.53. The lowest BCUT2D eigenvalue weighted by Crippen LogP contribution is -2.22. The first-order valence-electron chi connectivity index (χ1n) is 8.71. The van der Waals surface area contributed by atoms with E-state index in [9.17, 15) is 0 Å². The molecule has 0 aliphatic heterocycles. The minimum Gasteiger partial charge on any atom is -0.370 e. The number of nitrogens with two attached hydrogens (primary N) is 1. The van der Waals surface area contributed by atoms with Crippen LogP contribution in [0.4, 0.5) is 5.69 Å². The van der Waals surface area contributed by atoms with Crippen molar-refractivity contribution in [2.45, 2.75) is 33.2 Å². The molecule has 0 fully saturated rings. The van der Waals surface area contributed by atoms with E-state index in [1.165, 1.54) is 16.7 Å². The highest BCUT2D eigenvalue weighted by atomic mass is 32.1. The number of rotatable bonds is 6. The summed E-state index contributed by atoms with van der Waals surface area (Å²) in [6.45, 7) is 4.67. The lowest BCUT2D eigenvalue weighted by atomic mass is 10.1. The molecule has 0 bridgehead atoms. The maximum Gasteiger partial charge on any atom is 0.193 e. The van der Waals surface area contributed by atoms with Crippen LogP contribution in [0.3, 0.4) is 0 Å². The van der Waals surface area contributed by atoms with Crippen LogP contribution >= 0.6 is 11.3 Å². The Bertz CT molecular complexity index is 884. The van der Waals surface area contributed by atoms with Gasteiger partial charge in [0.1, 0.15) is 0 Å². The Morgan fingerprint density at radius 3 is 2.65 bits per heavy atom. The second kappa shape index (κ2) is 8.63. The number of nitrogens with one attached hydrogen (secondary N) is 1. The van der Waals surface area contributed by atoms with Gasteiger partial charge in [0.25, 0.3) is 0 Å². The van der Waals surface area contributed by atoms with E-state index in [1.807, 2.05) is 12.1 Å². The quantitative estimate of drug-likeness (QED) is 0.501. The average molecular weight is 365 g/mol. The van der Waals surface area contributed by atoms with Crippen LogP contribution in [-0.4, -0.2) is 10.9 Å². The first-order chi connectivity index (χ1) is 12.6. The molecule has 0 spiro atoms. The van der Waals surface area contributed by atoms with Crippen molar-refractivity contribution >= 4 is 23.0 Å². The summed E-state index contributed by atoms with van der Waals surface area (Å²) in [5.74, 6) is 0.409. The van der Waals surface area contributed by atoms with Gasteiger partial charge in [0.2, 0.25) is 0 Å². The van der Waals surface area contributed by atoms with Crippen molar-refractivity contribution in [3.63, 3.8) is 0 Å². The molecule has 3 rings (SSSR count). The standard InChI is InChI=1S/C21H24N4S/c1-15-8-10-18(12-16(15)2)25-21(22)23-13-19-14-26-20(24-19)11-9-17-6-4-3-5-7-17/h3-8,10,12,14H,9,11,13H2,1-2H3,(H3,22,23,25). The van der Waals surface area contributed by atoms with Crippen molar-refractivity contribution in [1.29, 1.82) is 0 Å². The molecular formula is C21H24N4S. The number of thiazole rings is 1. The van der Waals surface area contributed by atoms with Crippen LogP contribution in [0.5, 0.6) is 0 Å². The maximum absolute atomic E-state index is 6.00. The molecular weight excluding hydrogens is 340 g/mol. The number of nitrogens with zero attached hydrogens (tertiary/aromatic N) is 2. The van der Waals surface area contributed by atoms with Gasteiger partial charge in [-0.15, -0.1) is 11.3 Å². The Morgan fingerprint density at radius 1 is 1.08 bits per heavy atom. The van der Waals surface area contributed by atoms with Gasteiger partial charge in [0.05, 0.1) is 17.2 Å². The van der Waals surface area contributed by atoms with E-state index in [1.54, 1.807) is 11.3 Å². The molecule has 1 heterocycles. The topological polar surface area (TPSA) is 63.3 Å². The van der Waals surface area contributed by atoms with Crippen molar-refractivity contribution in [2.75, 3.05) is 5.32 Å². The zero-order valence-electron chi connectivity index (χ0n) is 15.2. The Morgan fingerprint density at radius 2 is 1.88 bits per heavy atom. The van der Waals surface area contributed by atoms with Crippen LogP contribution in [-0.2, 0) is 19.4 Å². The van der Waals surface area contributed by atoms with Crippen molar-refractivity contribution in [3.05, 3.63) is 81.3 Å². The number of hydrogen-bond acceptors (Lipinski definition) is 3. The smallest absolute Gasteiger partial charge is 0.193 e. The third kappa shape index (κ3) is 5.17. The van der Waals surface area contributed by atoms with Gasteiger partial charge in [-0.2, -0.15) is 0 Å². The minimum atomic E-state index is 0.409. The fourth-order valence-corrected chi connectivity index (χ4v) is 3.39. The normalized spacial score (nSPS) is 11.5. The predicted octanol–water partition coefficient (Wildman–Crippen LogP) is 4.47. The second-order valence-corrected chi connectivity index (χ2v) is 7.29. The summed E-state index contributed by atoms with van der Waals surface area (Å²) < 4.78 is 0. The van der Waals surface area contributed by atoms with E-state index in [4.69, 9.17) is 5.73 Å². The Kier molecular flexibility index (Phi) is 6.02. The lowest BCUT2D eigenvalue weighted by Gasteiger charge is -2.07. The van der Waals surface area contributed by atoms with Crippen molar-refractivity contribution in [2.24, 2.45) is 10.7 Å². The fourth-order valence-electron chi connectivity index (χ4n) is 2.61. The fraction of sp³-hybridized carbons (Fsp3) is 0.238. The summed E-state index contributed by atoms with van der Waals surface area (Å²) in [6, 6.07) is 16.6. The number of aryl methyl sites for hydroxylation is 4. The average Bonchev–Trinajstić information content (AvgIpc) is 3.10. The molecule has 0 unspecified atom stereocenters. The van der Waals surface area contributed by atoms with Gasteiger partial charge in [0.15, 0.2) is 5.96 Å². The van der Waals surface area contributed by atoms with Gasteiger partial charge in [-0.05, 0) is 49.1 Å². The number of guanidine groups is 1. The molecule has 0 aliphatic rings. The third-order valence-electron chi connectivity index (χ3n) is 4.26. The van der Waals surface area contributed by atoms with E-state index >= 15 is 0 Å². The molecule has 3 N–H and O–H groups in total. The number of aromatic nitrogens is 1. The highest BCUT2D eigenvalue weighted by Gasteiger charge is 2.03. The monoisotopic (exact) mass is 364 g/mol. The zero-order chi connectivity index (χ0) is 18.4. The minimum absolute atomic E-state index is 0.409. The van der Waals surface area contributed by atoms with Crippen LogP contribution in [0.2, 0.25) is 0 Å². The van der Waals surface area contributed by atoms with E-state index in [0.29, 0.717) is 12.5 Å². The summed E-state index contributed by atoms with van der Waals surface area (Å²) >= 11 is 1.69. The molecule has 0 aliphatic carbocycles. The molecule has 0 saturated heterocycles. The highest BCUT2D eigenvalue weighted by Crippen LogP contribution is 2.15. The van der Waals surface area contributed by atoms with Crippen LogP contribution in [0.25, 0.3) is 0 Å². The van der Waals surface area contributed by atoms with E-state index in [0.717, 1.165) is 29.2 Å². The Hall–Kier alpha value is -2.66. The zero-order valence-corrected chi connectivity index (χ0v) is 16.0. The molecule has 5 heteroatoms. The first-order valence-corrected chi connectivity index (χ1v) is 9.59.